The van der Waals surface area contributed by atoms with E-state index in [4.69, 9.17) is 4.42 Å². The van der Waals surface area contributed by atoms with Crippen LogP contribution in [0.15, 0.2) is 47.3 Å². The van der Waals surface area contributed by atoms with Crippen LogP contribution in [0.1, 0.15) is 48.4 Å². The van der Waals surface area contributed by atoms with Crippen LogP contribution in [0.25, 0.3) is 0 Å². The minimum Gasteiger partial charge on any atom is -0.472 e. The van der Waals surface area contributed by atoms with Crippen LogP contribution in [0.4, 0.5) is 0 Å². The Hall–Kier alpha value is -2.07. The number of aliphatic hydroxyl groups excluding tert-OH is 1. The average Bonchev–Trinajstić information content (AvgIpc) is 2.98. The van der Waals surface area contributed by atoms with Crippen LogP contribution in [-0.4, -0.2) is 17.6 Å². The molecular weight excluding hydrogens is 266 g/mol. The molecule has 21 heavy (non-hydrogen) atoms. The zero-order valence-corrected chi connectivity index (χ0v) is 12.6. The number of carbonyl (C=O) groups is 1. The number of hydrogen-bond donors (Lipinski definition) is 2. The van der Waals surface area contributed by atoms with Crippen LogP contribution in [-0.2, 0) is 5.41 Å². The summed E-state index contributed by atoms with van der Waals surface area (Å²) in [5.41, 5.74) is 2.48. The number of benzene rings is 1. The van der Waals surface area contributed by atoms with Gasteiger partial charge in [-0.25, -0.2) is 0 Å². The molecule has 0 aliphatic carbocycles. The van der Waals surface area contributed by atoms with Crippen molar-refractivity contribution in [3.8, 4) is 0 Å². The van der Waals surface area contributed by atoms with Gasteiger partial charge in [-0.1, -0.05) is 32.9 Å². The van der Waals surface area contributed by atoms with Crippen LogP contribution in [0.2, 0.25) is 0 Å². The Bertz CT molecular complexity index is 579. The molecule has 1 aromatic heterocycles. The number of aliphatic hydroxyl groups is 1. The van der Waals surface area contributed by atoms with Crippen molar-refractivity contribution in [2.75, 3.05) is 6.54 Å². The maximum atomic E-state index is 12.0. The maximum absolute atomic E-state index is 12.0. The normalized spacial score (nSPS) is 13.0. The Morgan fingerprint density at radius 2 is 1.90 bits per heavy atom. The van der Waals surface area contributed by atoms with E-state index in [0.717, 1.165) is 0 Å². The van der Waals surface area contributed by atoms with Gasteiger partial charge in [-0.15, -0.1) is 0 Å². The van der Waals surface area contributed by atoms with E-state index in [0.29, 0.717) is 11.1 Å². The molecule has 0 fully saturated rings. The van der Waals surface area contributed by atoms with Crippen molar-refractivity contribution in [2.24, 2.45) is 0 Å². The van der Waals surface area contributed by atoms with Gasteiger partial charge >= 0.3 is 0 Å². The van der Waals surface area contributed by atoms with Gasteiger partial charge in [-0.05, 0) is 29.2 Å². The van der Waals surface area contributed by atoms with E-state index in [1.165, 1.54) is 18.1 Å². The van der Waals surface area contributed by atoms with Crippen molar-refractivity contribution in [1.82, 2.24) is 5.32 Å². The number of amides is 1. The molecule has 112 valence electrons. The van der Waals surface area contributed by atoms with Gasteiger partial charge in [-0.2, -0.15) is 0 Å². The summed E-state index contributed by atoms with van der Waals surface area (Å²) in [5, 5.41) is 12.6. The highest BCUT2D eigenvalue weighted by molar-refractivity contribution is 5.94. The molecule has 0 aliphatic rings. The summed E-state index contributed by atoms with van der Waals surface area (Å²) in [6.45, 7) is 6.54. The number of rotatable bonds is 4. The molecule has 0 saturated carbocycles. The van der Waals surface area contributed by atoms with Crippen molar-refractivity contribution in [2.45, 2.75) is 32.3 Å². The molecule has 0 unspecified atom stereocenters. The molecule has 2 aromatic rings. The summed E-state index contributed by atoms with van der Waals surface area (Å²) in [6, 6.07) is 9.21. The van der Waals surface area contributed by atoms with Gasteiger partial charge in [0.15, 0.2) is 0 Å². The van der Waals surface area contributed by atoms with Crippen LogP contribution in [0.3, 0.4) is 0 Å². The molecule has 2 N–H and O–H groups in total. The lowest BCUT2D eigenvalue weighted by atomic mass is 9.87. The second kappa shape index (κ2) is 6.14. The van der Waals surface area contributed by atoms with E-state index < -0.39 is 6.10 Å². The van der Waals surface area contributed by atoms with Crippen LogP contribution in [0.5, 0.6) is 0 Å². The summed E-state index contributed by atoms with van der Waals surface area (Å²) >= 11 is 0. The molecule has 1 amide bonds. The van der Waals surface area contributed by atoms with Crippen molar-refractivity contribution in [1.29, 1.82) is 0 Å². The first-order chi connectivity index (χ1) is 9.88. The van der Waals surface area contributed by atoms with Gasteiger partial charge < -0.3 is 14.8 Å². The fourth-order valence-corrected chi connectivity index (χ4v) is 2.00. The molecular formula is C17H21NO3. The molecule has 4 heteroatoms. The quantitative estimate of drug-likeness (QED) is 0.908. The van der Waals surface area contributed by atoms with E-state index in [1.807, 2.05) is 12.1 Å². The summed E-state index contributed by atoms with van der Waals surface area (Å²) in [4.78, 5) is 12.0. The fourth-order valence-electron chi connectivity index (χ4n) is 2.00. The lowest BCUT2D eigenvalue weighted by Crippen LogP contribution is -2.28. The minimum atomic E-state index is -0.762. The Morgan fingerprint density at radius 1 is 1.24 bits per heavy atom. The van der Waals surface area contributed by atoms with Crippen molar-refractivity contribution in [3.05, 3.63) is 59.5 Å². The van der Waals surface area contributed by atoms with Crippen molar-refractivity contribution in [3.63, 3.8) is 0 Å². The summed E-state index contributed by atoms with van der Waals surface area (Å²) in [7, 11) is 0. The van der Waals surface area contributed by atoms with Gasteiger partial charge in [0.05, 0.1) is 18.6 Å². The smallest absolute Gasteiger partial charge is 0.251 e. The van der Waals surface area contributed by atoms with Gasteiger partial charge in [0.2, 0.25) is 0 Å². The van der Waals surface area contributed by atoms with Crippen LogP contribution >= 0.6 is 0 Å². The zero-order chi connectivity index (χ0) is 15.5. The first-order valence-corrected chi connectivity index (χ1v) is 6.97. The lowest BCUT2D eigenvalue weighted by molar-refractivity contribution is 0.0916. The molecule has 0 aliphatic heterocycles. The van der Waals surface area contributed by atoms with Crippen LogP contribution in [0, 0.1) is 0 Å². The monoisotopic (exact) mass is 287 g/mol. The summed E-state index contributed by atoms with van der Waals surface area (Å²) in [6.07, 6.45) is 2.20. The lowest BCUT2D eigenvalue weighted by Gasteiger charge is -2.19. The minimum absolute atomic E-state index is 0.0620. The van der Waals surface area contributed by atoms with Gasteiger partial charge in [0.25, 0.3) is 5.91 Å². The second-order valence-corrected chi connectivity index (χ2v) is 6.11. The Balaban J connectivity index is 1.94. The first-order valence-electron chi connectivity index (χ1n) is 6.97. The highest BCUT2D eigenvalue weighted by Gasteiger charge is 2.15. The largest absolute Gasteiger partial charge is 0.472 e. The highest BCUT2D eigenvalue weighted by atomic mass is 16.3. The number of furan rings is 1. The highest BCUT2D eigenvalue weighted by Crippen LogP contribution is 2.22. The van der Waals surface area contributed by atoms with Gasteiger partial charge in [0.1, 0.15) is 0 Å². The molecule has 4 nitrogen and oxygen atoms in total. The van der Waals surface area contributed by atoms with Crippen molar-refractivity contribution >= 4 is 5.91 Å². The number of carbonyl (C=O) groups excluding carboxylic acids is 1. The molecule has 0 spiro atoms. The van der Waals surface area contributed by atoms with E-state index in [2.05, 4.69) is 26.1 Å². The van der Waals surface area contributed by atoms with E-state index in [-0.39, 0.29) is 17.9 Å². The second-order valence-electron chi connectivity index (χ2n) is 6.11. The third kappa shape index (κ3) is 3.95. The molecule has 0 bridgehead atoms. The fraction of sp³-hybridized carbons (Fsp3) is 0.353. The van der Waals surface area contributed by atoms with E-state index in [1.54, 1.807) is 18.2 Å². The summed E-state index contributed by atoms with van der Waals surface area (Å²) in [5.74, 6) is -0.196. The molecule has 1 atom stereocenters. The molecule has 1 aromatic carbocycles. The number of hydrogen-bond acceptors (Lipinski definition) is 3. The SMILES string of the molecule is CC(C)(C)c1ccc(C(=O)NC[C@@H](O)c2ccoc2)cc1. The first kappa shape index (κ1) is 15.3. The Morgan fingerprint density at radius 3 is 2.43 bits per heavy atom. The Labute approximate surface area is 124 Å². The molecule has 0 saturated heterocycles. The van der Waals surface area contributed by atoms with Gasteiger partial charge in [0, 0.05) is 17.7 Å². The average molecular weight is 287 g/mol. The molecule has 2 rings (SSSR count). The van der Waals surface area contributed by atoms with Crippen molar-refractivity contribution < 1.29 is 14.3 Å². The summed E-state index contributed by atoms with van der Waals surface area (Å²) < 4.78 is 4.90. The molecule has 0 radical (unpaired) electrons. The maximum Gasteiger partial charge on any atom is 0.251 e. The van der Waals surface area contributed by atoms with Gasteiger partial charge in [-0.3, -0.25) is 4.79 Å². The predicted molar refractivity (Wildman–Crippen MR) is 81.1 cm³/mol. The Kier molecular flexibility index (Phi) is 4.48. The predicted octanol–water partition coefficient (Wildman–Crippen LogP) is 3.04. The third-order valence-electron chi connectivity index (χ3n) is 3.40. The van der Waals surface area contributed by atoms with E-state index >= 15 is 0 Å². The topological polar surface area (TPSA) is 62.5 Å². The zero-order valence-electron chi connectivity index (χ0n) is 12.6. The standard InChI is InChI=1S/C17H21NO3/c1-17(2,3)14-6-4-12(5-7-14)16(20)18-10-15(19)13-8-9-21-11-13/h4-9,11,15,19H,10H2,1-3H3,(H,18,20)/t15-/m1/s1. The molecule has 1 heterocycles. The third-order valence-corrected chi connectivity index (χ3v) is 3.40. The van der Waals surface area contributed by atoms with E-state index in [9.17, 15) is 9.90 Å². The number of nitrogens with one attached hydrogen (secondary N) is 1. The van der Waals surface area contributed by atoms with Crippen LogP contribution < -0.4 is 5.32 Å².